The largest absolute Gasteiger partial charge is 0.507 e. The summed E-state index contributed by atoms with van der Waals surface area (Å²) < 4.78 is 5.11. The van der Waals surface area contributed by atoms with E-state index in [0.29, 0.717) is 17.4 Å². The lowest BCUT2D eigenvalue weighted by atomic mass is 10.0. The Morgan fingerprint density at radius 2 is 1.81 bits per heavy atom. The molecule has 110 valence electrons. The highest BCUT2D eigenvalue weighted by atomic mass is 16.5. The second-order valence-electron chi connectivity index (χ2n) is 5.09. The zero-order valence-corrected chi connectivity index (χ0v) is 12.4. The smallest absolute Gasteiger partial charge is 0.263 e. The van der Waals surface area contributed by atoms with Crippen molar-refractivity contribution in [2.24, 2.45) is 0 Å². The lowest BCUT2D eigenvalue weighted by Gasteiger charge is -2.11. The van der Waals surface area contributed by atoms with Crippen LogP contribution in [0.5, 0.6) is 11.5 Å². The molecule has 0 saturated carbocycles. The fraction of sp³-hybridized carbons (Fsp3) is 0.235. The highest BCUT2D eigenvalue weighted by Gasteiger charge is 2.17. The first kappa shape index (κ1) is 14.9. The van der Waals surface area contributed by atoms with Gasteiger partial charge < -0.3 is 15.2 Å². The Hall–Kier alpha value is -2.49. The van der Waals surface area contributed by atoms with Gasteiger partial charge in [0.1, 0.15) is 17.1 Å². The first-order chi connectivity index (χ1) is 10.0. The third kappa shape index (κ3) is 3.34. The molecule has 0 radical (unpaired) electrons. The molecular formula is C17H19NO3. The first-order valence-electron chi connectivity index (χ1n) is 6.80. The van der Waals surface area contributed by atoms with Crippen LogP contribution in [0, 0.1) is 0 Å². The zero-order valence-electron chi connectivity index (χ0n) is 12.4. The third-order valence-corrected chi connectivity index (χ3v) is 3.29. The predicted molar refractivity (Wildman–Crippen MR) is 83.1 cm³/mol. The van der Waals surface area contributed by atoms with Crippen LogP contribution in [-0.2, 0) is 0 Å². The summed E-state index contributed by atoms with van der Waals surface area (Å²) >= 11 is 0. The number of amides is 1. The maximum Gasteiger partial charge on any atom is 0.263 e. The Morgan fingerprint density at radius 1 is 1.14 bits per heavy atom. The summed E-state index contributed by atoms with van der Waals surface area (Å²) in [5.74, 6) is 0.271. The van der Waals surface area contributed by atoms with Crippen LogP contribution < -0.4 is 10.1 Å². The number of aromatic hydroxyl groups is 1. The van der Waals surface area contributed by atoms with E-state index in [0.717, 1.165) is 0 Å². The number of anilines is 1. The van der Waals surface area contributed by atoms with Crippen molar-refractivity contribution in [3.63, 3.8) is 0 Å². The van der Waals surface area contributed by atoms with Crippen LogP contribution in [0.1, 0.15) is 35.7 Å². The van der Waals surface area contributed by atoms with Crippen LogP contribution in [0.4, 0.5) is 5.69 Å². The minimum Gasteiger partial charge on any atom is -0.507 e. The van der Waals surface area contributed by atoms with E-state index in [4.69, 9.17) is 4.74 Å². The van der Waals surface area contributed by atoms with Gasteiger partial charge in [0.25, 0.3) is 5.91 Å². The van der Waals surface area contributed by atoms with E-state index >= 15 is 0 Å². The molecule has 0 unspecified atom stereocenters. The lowest BCUT2D eigenvalue weighted by molar-refractivity contribution is 0.102. The molecule has 0 aliphatic heterocycles. The predicted octanol–water partition coefficient (Wildman–Crippen LogP) is 3.78. The molecule has 0 bridgehead atoms. The summed E-state index contributed by atoms with van der Waals surface area (Å²) in [7, 11) is 1.46. The van der Waals surface area contributed by atoms with E-state index in [-0.39, 0.29) is 11.3 Å². The highest BCUT2D eigenvalue weighted by molar-refractivity contribution is 6.08. The quantitative estimate of drug-likeness (QED) is 0.898. The van der Waals surface area contributed by atoms with Gasteiger partial charge in [0.15, 0.2) is 0 Å². The van der Waals surface area contributed by atoms with Crippen LogP contribution in [0.3, 0.4) is 0 Å². The maximum absolute atomic E-state index is 12.3. The monoisotopic (exact) mass is 285 g/mol. The molecule has 2 N–H and O–H groups in total. The van der Waals surface area contributed by atoms with Crippen molar-refractivity contribution in [3.8, 4) is 11.5 Å². The molecule has 1 amide bonds. The Bertz CT molecular complexity index is 633. The maximum atomic E-state index is 12.3. The molecule has 0 atom stereocenters. The standard InChI is InChI=1S/C17H19NO3/c1-11(2)12-7-9-13(10-8-12)18-17(20)16-14(19)5-4-6-15(16)21-3/h4-11,19H,1-3H3,(H,18,20). The number of benzene rings is 2. The van der Waals surface area contributed by atoms with E-state index < -0.39 is 5.91 Å². The van der Waals surface area contributed by atoms with Gasteiger partial charge in [0.05, 0.1) is 7.11 Å². The topological polar surface area (TPSA) is 58.6 Å². The number of carbonyl (C=O) groups is 1. The second kappa shape index (κ2) is 6.31. The molecule has 0 aliphatic rings. The van der Waals surface area contributed by atoms with Crippen molar-refractivity contribution in [1.29, 1.82) is 0 Å². The van der Waals surface area contributed by atoms with Gasteiger partial charge in [-0.05, 0) is 35.7 Å². The van der Waals surface area contributed by atoms with Crippen molar-refractivity contribution in [2.75, 3.05) is 12.4 Å². The number of methoxy groups -OCH3 is 1. The van der Waals surface area contributed by atoms with Crippen LogP contribution in [-0.4, -0.2) is 18.1 Å². The molecule has 2 aromatic rings. The van der Waals surface area contributed by atoms with Crippen molar-refractivity contribution in [2.45, 2.75) is 19.8 Å². The summed E-state index contributed by atoms with van der Waals surface area (Å²) in [5.41, 5.74) is 2.01. The SMILES string of the molecule is COc1cccc(O)c1C(=O)Nc1ccc(C(C)C)cc1. The molecule has 4 heteroatoms. The molecule has 2 aromatic carbocycles. The highest BCUT2D eigenvalue weighted by Crippen LogP contribution is 2.28. The fourth-order valence-corrected chi connectivity index (χ4v) is 2.06. The number of nitrogens with one attached hydrogen (secondary N) is 1. The minimum absolute atomic E-state index is 0.106. The number of hydrogen-bond donors (Lipinski definition) is 2. The van der Waals surface area contributed by atoms with Gasteiger partial charge in [0, 0.05) is 5.69 Å². The molecule has 21 heavy (non-hydrogen) atoms. The van der Waals surface area contributed by atoms with Crippen LogP contribution in [0.2, 0.25) is 0 Å². The van der Waals surface area contributed by atoms with Gasteiger partial charge >= 0.3 is 0 Å². The van der Waals surface area contributed by atoms with E-state index in [1.807, 2.05) is 24.3 Å². The summed E-state index contributed by atoms with van der Waals surface area (Å²) in [6, 6.07) is 12.4. The van der Waals surface area contributed by atoms with Gasteiger partial charge in [-0.3, -0.25) is 4.79 Å². The van der Waals surface area contributed by atoms with Crippen molar-refractivity contribution in [1.82, 2.24) is 0 Å². The molecule has 0 aromatic heterocycles. The van der Waals surface area contributed by atoms with E-state index in [1.165, 1.54) is 18.7 Å². The van der Waals surface area contributed by atoms with Crippen molar-refractivity contribution in [3.05, 3.63) is 53.6 Å². The normalized spacial score (nSPS) is 10.5. The number of hydrogen-bond acceptors (Lipinski definition) is 3. The van der Waals surface area contributed by atoms with Gasteiger partial charge in [-0.25, -0.2) is 0 Å². The average molecular weight is 285 g/mol. The third-order valence-electron chi connectivity index (χ3n) is 3.29. The van der Waals surface area contributed by atoms with Gasteiger partial charge in [-0.2, -0.15) is 0 Å². The number of rotatable bonds is 4. The van der Waals surface area contributed by atoms with E-state index in [1.54, 1.807) is 12.1 Å². The molecular weight excluding hydrogens is 266 g/mol. The van der Waals surface area contributed by atoms with Crippen LogP contribution >= 0.6 is 0 Å². The summed E-state index contributed by atoms with van der Waals surface area (Å²) in [5, 5.41) is 12.6. The lowest BCUT2D eigenvalue weighted by Crippen LogP contribution is -2.13. The minimum atomic E-state index is -0.401. The molecule has 0 saturated heterocycles. The van der Waals surface area contributed by atoms with Crippen LogP contribution in [0.15, 0.2) is 42.5 Å². The van der Waals surface area contributed by atoms with E-state index in [2.05, 4.69) is 19.2 Å². The van der Waals surface area contributed by atoms with Gasteiger partial charge in [-0.1, -0.05) is 32.0 Å². The van der Waals surface area contributed by atoms with Gasteiger partial charge in [0.2, 0.25) is 0 Å². The molecule has 0 heterocycles. The summed E-state index contributed by atoms with van der Waals surface area (Å²) in [4.78, 5) is 12.3. The van der Waals surface area contributed by atoms with Crippen LogP contribution in [0.25, 0.3) is 0 Å². The second-order valence-corrected chi connectivity index (χ2v) is 5.09. The average Bonchev–Trinajstić information content (AvgIpc) is 2.47. The Morgan fingerprint density at radius 3 is 2.38 bits per heavy atom. The van der Waals surface area contributed by atoms with Crippen molar-refractivity contribution < 1.29 is 14.6 Å². The van der Waals surface area contributed by atoms with Gasteiger partial charge in [-0.15, -0.1) is 0 Å². The summed E-state index contributed by atoms with van der Waals surface area (Å²) in [6.45, 7) is 4.22. The van der Waals surface area contributed by atoms with E-state index in [9.17, 15) is 9.90 Å². The molecule has 0 aliphatic carbocycles. The Balaban J connectivity index is 2.22. The van der Waals surface area contributed by atoms with Crippen molar-refractivity contribution >= 4 is 11.6 Å². The zero-order chi connectivity index (χ0) is 15.4. The first-order valence-corrected chi connectivity index (χ1v) is 6.80. The number of phenols is 1. The molecule has 4 nitrogen and oxygen atoms in total. The fourth-order valence-electron chi connectivity index (χ4n) is 2.06. The number of carbonyl (C=O) groups excluding carboxylic acids is 1. The Labute approximate surface area is 124 Å². The number of ether oxygens (including phenoxy) is 1. The molecule has 0 spiro atoms. The summed E-state index contributed by atoms with van der Waals surface area (Å²) in [6.07, 6.45) is 0. The molecule has 0 fully saturated rings. The molecule has 2 rings (SSSR count). The number of phenolic OH excluding ortho intramolecular Hbond substituents is 1. The Kier molecular flexibility index (Phi) is 4.48.